The van der Waals surface area contributed by atoms with E-state index in [1.54, 1.807) is 0 Å². The summed E-state index contributed by atoms with van der Waals surface area (Å²) in [6.45, 7) is 5.63. The average Bonchev–Trinajstić information content (AvgIpc) is 3.18. The molecular formula is C35H26N2. The number of rotatable bonds is 2. The first-order valence-electron chi connectivity index (χ1n) is 13.0. The number of benzene rings is 5. The maximum Gasteiger partial charge on any atom is 0.0346 e. The van der Waals surface area contributed by atoms with Crippen molar-refractivity contribution in [3.63, 3.8) is 0 Å². The fourth-order valence-corrected chi connectivity index (χ4v) is 6.69. The lowest BCUT2D eigenvalue weighted by atomic mass is 9.80. The Morgan fingerprint density at radius 3 is 2.41 bits per heavy atom. The SMILES string of the molecule is CC1(C)c2cc(-c3cccnc3)ccc2-c2c1cc1ccc3c(C4=CNCC=C4)ccc4ccc2c1c43. The van der Waals surface area contributed by atoms with Gasteiger partial charge in [-0.2, -0.15) is 0 Å². The standard InChI is InChI=1S/C35H26N2/c1-35(2)30-17-22(24-5-3-15-36-19-24)9-13-28(30)34-29-14-8-21-7-11-26(25-6-4-16-37-20-25)27-12-10-23(18-31(34)35)33(29)32(21)27/h3-15,17-20,37H,16H2,1-2H3. The topological polar surface area (TPSA) is 24.9 Å². The van der Waals surface area contributed by atoms with Gasteiger partial charge in [-0.25, -0.2) is 0 Å². The molecule has 2 nitrogen and oxygen atoms in total. The zero-order chi connectivity index (χ0) is 24.7. The largest absolute Gasteiger partial charge is 0.387 e. The molecule has 0 unspecified atom stereocenters. The normalized spacial score (nSPS) is 15.7. The van der Waals surface area contributed by atoms with Gasteiger partial charge in [-0.3, -0.25) is 4.98 Å². The molecule has 5 aromatic carbocycles. The first-order chi connectivity index (χ1) is 18.1. The molecule has 6 aromatic rings. The Morgan fingerprint density at radius 1 is 0.757 bits per heavy atom. The molecule has 0 spiro atoms. The molecule has 1 aliphatic carbocycles. The summed E-state index contributed by atoms with van der Waals surface area (Å²) >= 11 is 0. The van der Waals surface area contributed by atoms with Crippen LogP contribution in [0, 0.1) is 0 Å². The first kappa shape index (κ1) is 20.7. The summed E-state index contributed by atoms with van der Waals surface area (Å²) in [6, 6.07) is 27.4. The summed E-state index contributed by atoms with van der Waals surface area (Å²) in [5.41, 5.74) is 10.4. The number of dihydropyridines is 1. The highest BCUT2D eigenvalue weighted by molar-refractivity contribution is 6.28. The van der Waals surface area contributed by atoms with Crippen LogP contribution >= 0.6 is 0 Å². The zero-order valence-electron chi connectivity index (χ0n) is 21.0. The van der Waals surface area contributed by atoms with E-state index >= 15 is 0 Å². The van der Waals surface area contributed by atoms with Gasteiger partial charge in [0.15, 0.2) is 0 Å². The quantitative estimate of drug-likeness (QED) is 0.255. The van der Waals surface area contributed by atoms with E-state index in [2.05, 4.69) is 109 Å². The Morgan fingerprint density at radius 2 is 1.57 bits per heavy atom. The van der Waals surface area contributed by atoms with E-state index in [1.807, 2.05) is 18.5 Å². The lowest BCUT2D eigenvalue weighted by Gasteiger charge is -2.23. The summed E-state index contributed by atoms with van der Waals surface area (Å²) in [6.07, 6.45) is 10.4. The highest BCUT2D eigenvalue weighted by Gasteiger charge is 2.37. The third kappa shape index (κ3) is 2.78. The minimum absolute atomic E-state index is 0.0815. The fraction of sp³-hybridized carbons (Fsp3) is 0.114. The van der Waals surface area contributed by atoms with Crippen molar-refractivity contribution in [2.24, 2.45) is 0 Å². The van der Waals surface area contributed by atoms with Crippen LogP contribution in [0.25, 0.3) is 60.1 Å². The van der Waals surface area contributed by atoms with Crippen LogP contribution in [0.3, 0.4) is 0 Å². The van der Waals surface area contributed by atoms with E-state index in [9.17, 15) is 0 Å². The Kier molecular flexibility index (Phi) is 4.09. The molecule has 0 fully saturated rings. The van der Waals surface area contributed by atoms with E-state index < -0.39 is 0 Å². The number of nitrogens with zero attached hydrogens (tertiary/aromatic N) is 1. The minimum Gasteiger partial charge on any atom is -0.387 e. The number of hydrogen-bond acceptors (Lipinski definition) is 2. The molecule has 2 aliphatic rings. The number of allylic oxidation sites excluding steroid dienone is 2. The average molecular weight is 475 g/mol. The van der Waals surface area contributed by atoms with Crippen LogP contribution in [0.15, 0.2) is 104 Å². The van der Waals surface area contributed by atoms with E-state index in [0.717, 1.165) is 12.1 Å². The molecule has 0 saturated heterocycles. The minimum atomic E-state index is -0.0815. The van der Waals surface area contributed by atoms with Gasteiger partial charge in [0.1, 0.15) is 0 Å². The second-order valence-electron chi connectivity index (χ2n) is 10.9. The summed E-state index contributed by atoms with van der Waals surface area (Å²) in [5.74, 6) is 0. The molecule has 2 heteroatoms. The Hall–Kier alpha value is -4.43. The van der Waals surface area contributed by atoms with Crippen LogP contribution in [0.2, 0.25) is 0 Å². The Labute approximate surface area is 216 Å². The lowest BCUT2D eigenvalue weighted by Crippen LogP contribution is -2.15. The molecule has 37 heavy (non-hydrogen) atoms. The van der Waals surface area contributed by atoms with Gasteiger partial charge in [0, 0.05) is 30.6 Å². The number of pyridine rings is 1. The number of nitrogens with one attached hydrogen (secondary N) is 1. The summed E-state index contributed by atoms with van der Waals surface area (Å²) in [4.78, 5) is 4.35. The number of hydrogen-bond donors (Lipinski definition) is 1. The van der Waals surface area contributed by atoms with Crippen molar-refractivity contribution in [2.75, 3.05) is 6.54 Å². The predicted octanol–water partition coefficient (Wildman–Crippen LogP) is 8.45. The van der Waals surface area contributed by atoms with Crippen molar-refractivity contribution in [3.05, 3.63) is 120 Å². The monoisotopic (exact) mass is 474 g/mol. The van der Waals surface area contributed by atoms with Gasteiger partial charge < -0.3 is 5.32 Å². The molecule has 1 N–H and O–H groups in total. The smallest absolute Gasteiger partial charge is 0.0346 e. The molecule has 0 amide bonds. The maximum absolute atomic E-state index is 4.35. The molecule has 176 valence electrons. The number of aromatic nitrogens is 1. The second-order valence-corrected chi connectivity index (χ2v) is 10.9. The first-order valence-corrected chi connectivity index (χ1v) is 13.0. The third-order valence-corrected chi connectivity index (χ3v) is 8.52. The van der Waals surface area contributed by atoms with Gasteiger partial charge in [-0.05, 0) is 95.0 Å². The van der Waals surface area contributed by atoms with Gasteiger partial charge in [-0.15, -0.1) is 0 Å². The molecule has 8 rings (SSSR count). The van der Waals surface area contributed by atoms with Gasteiger partial charge >= 0.3 is 0 Å². The van der Waals surface area contributed by atoms with Crippen molar-refractivity contribution in [1.82, 2.24) is 10.3 Å². The number of fused-ring (bicyclic) bond motifs is 4. The fourth-order valence-electron chi connectivity index (χ4n) is 6.69. The molecule has 0 bridgehead atoms. The highest BCUT2D eigenvalue weighted by atomic mass is 14.8. The van der Waals surface area contributed by atoms with Crippen molar-refractivity contribution in [2.45, 2.75) is 19.3 Å². The second kappa shape index (κ2) is 7.30. The van der Waals surface area contributed by atoms with Gasteiger partial charge in [-0.1, -0.05) is 80.6 Å². The zero-order valence-corrected chi connectivity index (χ0v) is 21.0. The van der Waals surface area contributed by atoms with E-state index in [0.29, 0.717) is 0 Å². The van der Waals surface area contributed by atoms with E-state index in [-0.39, 0.29) is 5.41 Å². The van der Waals surface area contributed by atoms with Crippen molar-refractivity contribution < 1.29 is 0 Å². The summed E-state index contributed by atoms with van der Waals surface area (Å²) < 4.78 is 0. The highest BCUT2D eigenvalue weighted by Crippen LogP contribution is 2.54. The van der Waals surface area contributed by atoms with Gasteiger partial charge in [0.2, 0.25) is 0 Å². The van der Waals surface area contributed by atoms with Gasteiger partial charge in [0.25, 0.3) is 0 Å². The third-order valence-electron chi connectivity index (χ3n) is 8.52. The maximum atomic E-state index is 4.35. The summed E-state index contributed by atoms with van der Waals surface area (Å²) in [5, 5.41) is 11.4. The Bertz CT molecular complexity index is 1940. The molecule has 0 radical (unpaired) electrons. The predicted molar refractivity (Wildman–Crippen MR) is 156 cm³/mol. The van der Waals surface area contributed by atoms with Crippen LogP contribution in [-0.2, 0) is 5.41 Å². The van der Waals surface area contributed by atoms with Crippen molar-refractivity contribution in [3.8, 4) is 22.3 Å². The Balaban J connectivity index is 1.44. The summed E-state index contributed by atoms with van der Waals surface area (Å²) in [7, 11) is 0. The lowest BCUT2D eigenvalue weighted by molar-refractivity contribution is 0.661. The van der Waals surface area contributed by atoms with Crippen molar-refractivity contribution >= 4 is 37.9 Å². The van der Waals surface area contributed by atoms with Crippen molar-refractivity contribution in [1.29, 1.82) is 0 Å². The van der Waals surface area contributed by atoms with Gasteiger partial charge in [0.05, 0.1) is 0 Å². The van der Waals surface area contributed by atoms with Crippen LogP contribution in [0.1, 0.15) is 30.5 Å². The van der Waals surface area contributed by atoms with Crippen LogP contribution in [0.4, 0.5) is 0 Å². The van der Waals surface area contributed by atoms with Crippen LogP contribution in [-0.4, -0.2) is 11.5 Å². The molecule has 2 heterocycles. The van der Waals surface area contributed by atoms with Crippen LogP contribution < -0.4 is 5.32 Å². The molecule has 0 atom stereocenters. The molecular weight excluding hydrogens is 448 g/mol. The molecule has 1 aliphatic heterocycles. The molecule has 1 aromatic heterocycles. The van der Waals surface area contributed by atoms with E-state index in [1.165, 1.54) is 71.3 Å². The van der Waals surface area contributed by atoms with Crippen LogP contribution in [0.5, 0.6) is 0 Å². The van der Waals surface area contributed by atoms with E-state index in [4.69, 9.17) is 0 Å². The molecule has 0 saturated carbocycles.